The number of ether oxygens (including phenoxy) is 1. The lowest BCUT2D eigenvalue weighted by Gasteiger charge is -2.35. The van der Waals surface area contributed by atoms with Crippen molar-refractivity contribution in [2.45, 2.75) is 58.2 Å². The van der Waals surface area contributed by atoms with Crippen LogP contribution in [0.25, 0.3) is 0 Å². The highest BCUT2D eigenvalue weighted by Gasteiger charge is 2.28. The maximum Gasteiger partial charge on any atom is 0.407 e. The molecule has 2 rings (SSSR count). The summed E-state index contributed by atoms with van der Waals surface area (Å²) < 4.78 is 5.29. The first-order valence-electron chi connectivity index (χ1n) is 8.94. The molecular weight excluding hydrogens is 354 g/mol. The number of nitrogens with one attached hydrogen (secondary N) is 2. The van der Waals surface area contributed by atoms with Gasteiger partial charge in [0.2, 0.25) is 5.91 Å². The molecule has 1 atom stereocenters. The third-order valence-electron chi connectivity index (χ3n) is 4.31. The van der Waals surface area contributed by atoms with Crippen LogP contribution in [0.5, 0.6) is 0 Å². The number of alkyl carbamates (subject to hydrolysis) is 1. The highest BCUT2D eigenvalue weighted by Crippen LogP contribution is 2.21. The van der Waals surface area contributed by atoms with Gasteiger partial charge in [-0.15, -0.1) is 0 Å². The standard InChI is InChI=1S/C19H28ClN3O3/c1-13(17(24)22-16-8-6-5-7-15(16)20)23-11-9-14(10-12-23)21-18(25)26-19(2,3)4/h5-8,13-14H,9-12H2,1-4H3,(H,21,25)(H,22,24). The second-order valence-corrected chi connectivity index (χ2v) is 8.01. The normalized spacial score (nSPS) is 17.4. The highest BCUT2D eigenvalue weighted by molar-refractivity contribution is 6.33. The second kappa shape index (κ2) is 8.73. The quantitative estimate of drug-likeness (QED) is 0.835. The van der Waals surface area contributed by atoms with Crippen LogP contribution in [-0.2, 0) is 9.53 Å². The number of rotatable bonds is 4. The number of hydrogen-bond acceptors (Lipinski definition) is 4. The Morgan fingerprint density at radius 2 is 1.85 bits per heavy atom. The lowest BCUT2D eigenvalue weighted by molar-refractivity contribution is -0.121. The zero-order valence-corrected chi connectivity index (χ0v) is 16.6. The van der Waals surface area contributed by atoms with E-state index in [0.29, 0.717) is 10.7 Å². The number of piperidine rings is 1. The van der Waals surface area contributed by atoms with Crippen LogP contribution in [0, 0.1) is 0 Å². The van der Waals surface area contributed by atoms with Crippen molar-refractivity contribution in [3.63, 3.8) is 0 Å². The van der Waals surface area contributed by atoms with Gasteiger partial charge in [-0.25, -0.2) is 4.79 Å². The summed E-state index contributed by atoms with van der Waals surface area (Å²) in [5.74, 6) is -0.0864. The van der Waals surface area contributed by atoms with Crippen LogP contribution in [0.2, 0.25) is 5.02 Å². The van der Waals surface area contributed by atoms with E-state index in [4.69, 9.17) is 16.3 Å². The van der Waals surface area contributed by atoms with Crippen LogP contribution in [0.1, 0.15) is 40.5 Å². The van der Waals surface area contributed by atoms with E-state index in [1.165, 1.54) is 0 Å². The molecular formula is C19H28ClN3O3. The van der Waals surface area contributed by atoms with E-state index < -0.39 is 5.60 Å². The molecule has 1 aromatic rings. The van der Waals surface area contributed by atoms with Crippen LogP contribution in [0.15, 0.2) is 24.3 Å². The number of halogens is 1. The largest absolute Gasteiger partial charge is 0.444 e. The third kappa shape index (κ3) is 6.18. The minimum atomic E-state index is -0.504. The average molecular weight is 382 g/mol. The number of para-hydroxylation sites is 1. The first-order valence-corrected chi connectivity index (χ1v) is 9.32. The molecule has 1 heterocycles. The van der Waals surface area contributed by atoms with Gasteiger partial charge >= 0.3 is 6.09 Å². The summed E-state index contributed by atoms with van der Waals surface area (Å²) in [5, 5.41) is 6.30. The Morgan fingerprint density at radius 1 is 1.23 bits per heavy atom. The van der Waals surface area contributed by atoms with Crippen LogP contribution < -0.4 is 10.6 Å². The molecule has 1 aromatic carbocycles. The van der Waals surface area contributed by atoms with Crippen molar-refractivity contribution >= 4 is 29.3 Å². The molecule has 2 N–H and O–H groups in total. The Kier molecular flexibility index (Phi) is 6.89. The summed E-state index contributed by atoms with van der Waals surface area (Å²) >= 11 is 6.09. The van der Waals surface area contributed by atoms with Gasteiger partial charge in [-0.3, -0.25) is 9.69 Å². The predicted octanol–water partition coefficient (Wildman–Crippen LogP) is 3.66. The van der Waals surface area contributed by atoms with Crippen molar-refractivity contribution in [3.8, 4) is 0 Å². The first-order chi connectivity index (χ1) is 12.2. The van der Waals surface area contributed by atoms with Gasteiger partial charge in [-0.2, -0.15) is 0 Å². The smallest absolute Gasteiger partial charge is 0.407 e. The fourth-order valence-corrected chi connectivity index (χ4v) is 3.05. The maximum absolute atomic E-state index is 12.5. The van der Waals surface area contributed by atoms with Crippen LogP contribution >= 0.6 is 11.6 Å². The third-order valence-corrected chi connectivity index (χ3v) is 4.64. The molecule has 0 bridgehead atoms. The van der Waals surface area contributed by atoms with Gasteiger partial charge in [0, 0.05) is 19.1 Å². The molecule has 1 aliphatic heterocycles. The van der Waals surface area contributed by atoms with Crippen molar-refractivity contribution in [3.05, 3.63) is 29.3 Å². The molecule has 0 spiro atoms. The number of nitrogens with zero attached hydrogens (tertiary/aromatic N) is 1. The first kappa shape index (κ1) is 20.5. The van der Waals surface area contributed by atoms with Crippen molar-refractivity contribution < 1.29 is 14.3 Å². The molecule has 6 nitrogen and oxygen atoms in total. The fourth-order valence-electron chi connectivity index (χ4n) is 2.87. The molecule has 0 aromatic heterocycles. The number of likely N-dealkylation sites (tertiary alicyclic amines) is 1. The molecule has 1 saturated heterocycles. The summed E-state index contributed by atoms with van der Waals surface area (Å²) in [6.45, 7) is 8.88. The summed E-state index contributed by atoms with van der Waals surface area (Å²) in [6.07, 6.45) is 1.17. The molecule has 2 amide bonds. The number of amides is 2. The van der Waals surface area contributed by atoms with E-state index in [2.05, 4.69) is 15.5 Å². The van der Waals surface area contributed by atoms with Gasteiger partial charge in [0.1, 0.15) is 5.60 Å². The summed E-state index contributed by atoms with van der Waals surface area (Å²) in [7, 11) is 0. The Bertz CT molecular complexity index is 637. The number of benzene rings is 1. The topological polar surface area (TPSA) is 70.7 Å². The molecule has 7 heteroatoms. The lowest BCUT2D eigenvalue weighted by Crippen LogP contribution is -2.51. The van der Waals surface area contributed by atoms with Gasteiger partial charge in [-0.05, 0) is 52.7 Å². The van der Waals surface area contributed by atoms with Gasteiger partial charge in [0.15, 0.2) is 0 Å². The summed E-state index contributed by atoms with van der Waals surface area (Å²) in [4.78, 5) is 26.5. The van der Waals surface area contributed by atoms with Crippen molar-refractivity contribution in [2.24, 2.45) is 0 Å². The Hall–Kier alpha value is -1.79. The molecule has 0 aliphatic carbocycles. The molecule has 1 aliphatic rings. The Labute approximate surface area is 160 Å². The van der Waals surface area contributed by atoms with Crippen molar-refractivity contribution in [1.29, 1.82) is 0 Å². The second-order valence-electron chi connectivity index (χ2n) is 7.60. The van der Waals surface area contributed by atoms with Crippen molar-refractivity contribution in [2.75, 3.05) is 18.4 Å². The van der Waals surface area contributed by atoms with Gasteiger partial charge in [-0.1, -0.05) is 23.7 Å². The van der Waals surface area contributed by atoms with Crippen LogP contribution in [-0.4, -0.2) is 47.7 Å². The van der Waals surface area contributed by atoms with E-state index >= 15 is 0 Å². The van der Waals surface area contributed by atoms with Crippen LogP contribution in [0.3, 0.4) is 0 Å². The number of hydrogen-bond donors (Lipinski definition) is 2. The molecule has 26 heavy (non-hydrogen) atoms. The van der Waals surface area contributed by atoms with Crippen molar-refractivity contribution in [1.82, 2.24) is 10.2 Å². The summed E-state index contributed by atoms with van der Waals surface area (Å²) in [6, 6.07) is 6.98. The predicted molar refractivity (Wildman–Crippen MR) is 104 cm³/mol. The molecule has 1 fully saturated rings. The van der Waals surface area contributed by atoms with Gasteiger partial charge < -0.3 is 15.4 Å². The highest BCUT2D eigenvalue weighted by atomic mass is 35.5. The minimum absolute atomic E-state index is 0.0694. The number of carbonyl (C=O) groups is 2. The molecule has 144 valence electrons. The lowest BCUT2D eigenvalue weighted by atomic mass is 10.0. The van der Waals surface area contributed by atoms with E-state index in [0.717, 1.165) is 25.9 Å². The zero-order valence-electron chi connectivity index (χ0n) is 15.8. The van der Waals surface area contributed by atoms with E-state index in [1.807, 2.05) is 39.8 Å². The fraction of sp³-hybridized carbons (Fsp3) is 0.579. The van der Waals surface area contributed by atoms with E-state index in [1.54, 1.807) is 12.1 Å². The maximum atomic E-state index is 12.5. The Balaban J connectivity index is 1.80. The Morgan fingerprint density at radius 3 is 2.42 bits per heavy atom. The van der Waals surface area contributed by atoms with E-state index in [-0.39, 0.29) is 24.1 Å². The SMILES string of the molecule is CC(C(=O)Nc1ccccc1Cl)N1CCC(NC(=O)OC(C)(C)C)CC1. The van der Waals surface area contributed by atoms with Gasteiger partial charge in [0.05, 0.1) is 16.8 Å². The average Bonchev–Trinajstić information content (AvgIpc) is 2.55. The minimum Gasteiger partial charge on any atom is -0.444 e. The number of anilines is 1. The molecule has 0 saturated carbocycles. The summed E-state index contributed by atoms with van der Waals surface area (Å²) in [5.41, 5.74) is 0.114. The number of carbonyl (C=O) groups excluding carboxylic acids is 2. The van der Waals surface area contributed by atoms with Crippen LogP contribution in [0.4, 0.5) is 10.5 Å². The molecule has 0 radical (unpaired) electrons. The monoisotopic (exact) mass is 381 g/mol. The van der Waals surface area contributed by atoms with E-state index in [9.17, 15) is 9.59 Å². The molecule has 1 unspecified atom stereocenters. The zero-order chi connectivity index (χ0) is 19.3. The van der Waals surface area contributed by atoms with Gasteiger partial charge in [0.25, 0.3) is 0 Å².